The van der Waals surface area contributed by atoms with Crippen molar-refractivity contribution in [1.82, 2.24) is 5.32 Å². The van der Waals surface area contributed by atoms with E-state index in [9.17, 15) is 22.4 Å². The monoisotopic (exact) mass is 351 g/mol. The average Bonchev–Trinajstić information content (AvgIpc) is 2.58. The molecule has 0 radical (unpaired) electrons. The largest absolute Gasteiger partial charge is 0.416 e. The smallest absolute Gasteiger partial charge is 0.382 e. The van der Waals surface area contributed by atoms with Crippen LogP contribution in [0.15, 0.2) is 42.5 Å². The first-order valence-electron chi connectivity index (χ1n) is 7.20. The fourth-order valence-electron chi connectivity index (χ4n) is 2.04. The van der Waals surface area contributed by atoms with Crippen molar-refractivity contribution >= 4 is 11.6 Å². The molecule has 4 nitrogen and oxygen atoms in total. The maximum absolute atomic E-state index is 12.8. The van der Waals surface area contributed by atoms with Crippen LogP contribution in [0.1, 0.15) is 21.5 Å². The minimum Gasteiger partial charge on any atom is -0.382 e. The van der Waals surface area contributed by atoms with E-state index in [1.807, 2.05) is 0 Å². The van der Waals surface area contributed by atoms with Crippen molar-refractivity contribution in [3.05, 3.63) is 65.0 Å². The molecule has 130 valence electrons. The summed E-state index contributed by atoms with van der Waals surface area (Å²) in [7, 11) is 0. The summed E-state index contributed by atoms with van der Waals surface area (Å²) in [5, 5.41) is 14.3. The van der Waals surface area contributed by atoms with Crippen LogP contribution in [0.5, 0.6) is 0 Å². The number of nitrogens with one attached hydrogen (secondary N) is 2. The normalized spacial score (nSPS) is 10.8. The first kappa shape index (κ1) is 18.3. The molecule has 2 aromatic carbocycles. The molecule has 0 unspecified atom stereocenters. The fraction of sp³-hybridized carbons (Fsp3) is 0.176. The Morgan fingerprint density at radius 3 is 2.36 bits per heavy atom. The van der Waals surface area contributed by atoms with Crippen LogP contribution in [0.2, 0.25) is 0 Å². The minimum absolute atomic E-state index is 0.139. The molecule has 0 saturated heterocycles. The predicted molar refractivity (Wildman–Crippen MR) is 83.4 cm³/mol. The summed E-state index contributed by atoms with van der Waals surface area (Å²) >= 11 is 0. The Balaban J connectivity index is 1.90. The van der Waals surface area contributed by atoms with E-state index in [1.54, 1.807) is 6.07 Å². The molecule has 0 spiro atoms. The minimum atomic E-state index is -4.52. The van der Waals surface area contributed by atoms with Crippen LogP contribution in [0, 0.1) is 17.1 Å². The second-order valence-corrected chi connectivity index (χ2v) is 5.06. The molecule has 0 heterocycles. The Bertz CT molecular complexity index is 795. The number of anilines is 1. The zero-order valence-electron chi connectivity index (χ0n) is 12.8. The number of amides is 1. The van der Waals surface area contributed by atoms with E-state index >= 15 is 0 Å². The molecular weight excluding hydrogens is 338 g/mol. The first-order chi connectivity index (χ1) is 11.8. The number of hydrogen-bond acceptors (Lipinski definition) is 3. The summed E-state index contributed by atoms with van der Waals surface area (Å²) in [4.78, 5) is 11.8. The molecule has 2 N–H and O–H groups in total. The third-order valence-corrected chi connectivity index (χ3v) is 3.30. The van der Waals surface area contributed by atoms with E-state index in [0.29, 0.717) is 0 Å². The van der Waals surface area contributed by atoms with Crippen molar-refractivity contribution in [1.29, 1.82) is 5.26 Å². The third kappa shape index (κ3) is 4.94. The Morgan fingerprint density at radius 1 is 1.08 bits per heavy atom. The number of rotatable bonds is 5. The summed E-state index contributed by atoms with van der Waals surface area (Å²) < 4.78 is 50.6. The molecule has 0 atom stereocenters. The van der Waals surface area contributed by atoms with Crippen LogP contribution in [-0.4, -0.2) is 19.0 Å². The number of alkyl halides is 3. The van der Waals surface area contributed by atoms with Crippen molar-refractivity contribution < 1.29 is 22.4 Å². The fourth-order valence-corrected chi connectivity index (χ4v) is 2.04. The highest BCUT2D eigenvalue weighted by atomic mass is 19.4. The maximum atomic E-state index is 12.8. The van der Waals surface area contributed by atoms with Crippen LogP contribution < -0.4 is 10.6 Å². The van der Waals surface area contributed by atoms with Gasteiger partial charge in [-0.15, -0.1) is 0 Å². The topological polar surface area (TPSA) is 64.9 Å². The zero-order valence-corrected chi connectivity index (χ0v) is 12.8. The van der Waals surface area contributed by atoms with E-state index in [-0.39, 0.29) is 29.9 Å². The van der Waals surface area contributed by atoms with Crippen molar-refractivity contribution in [3.8, 4) is 6.07 Å². The number of nitriles is 1. The molecule has 0 fully saturated rings. The lowest BCUT2D eigenvalue weighted by atomic mass is 10.1. The molecule has 0 aromatic heterocycles. The highest BCUT2D eigenvalue weighted by Crippen LogP contribution is 2.31. The van der Waals surface area contributed by atoms with Gasteiger partial charge in [-0.1, -0.05) is 0 Å². The van der Waals surface area contributed by atoms with Crippen molar-refractivity contribution in [3.63, 3.8) is 0 Å². The van der Waals surface area contributed by atoms with Crippen LogP contribution in [0.4, 0.5) is 23.2 Å². The Hall–Kier alpha value is -3.08. The quantitative estimate of drug-likeness (QED) is 0.639. The SMILES string of the molecule is N#Cc1cc(C(F)(F)F)ccc1NCCNC(=O)c1ccc(F)cc1. The molecule has 0 bridgehead atoms. The molecule has 25 heavy (non-hydrogen) atoms. The molecule has 1 amide bonds. The summed E-state index contributed by atoms with van der Waals surface area (Å²) in [6, 6.07) is 9.50. The summed E-state index contributed by atoms with van der Waals surface area (Å²) in [5.41, 5.74) is -0.515. The van der Waals surface area contributed by atoms with Crippen molar-refractivity contribution in [2.45, 2.75) is 6.18 Å². The van der Waals surface area contributed by atoms with Gasteiger partial charge in [-0.2, -0.15) is 18.4 Å². The highest BCUT2D eigenvalue weighted by Gasteiger charge is 2.31. The maximum Gasteiger partial charge on any atom is 0.416 e. The molecular formula is C17H13F4N3O. The van der Waals surface area contributed by atoms with Gasteiger partial charge in [0.2, 0.25) is 0 Å². The lowest BCUT2D eigenvalue weighted by Crippen LogP contribution is -2.28. The zero-order chi connectivity index (χ0) is 18.4. The third-order valence-electron chi connectivity index (χ3n) is 3.30. The number of carbonyl (C=O) groups excluding carboxylic acids is 1. The standard InChI is InChI=1S/C17H13F4N3O/c18-14-4-1-11(2-5-14)16(25)24-8-7-23-15-6-3-13(17(19,20)21)9-12(15)10-22/h1-6,9,23H,7-8H2,(H,24,25). The van der Waals surface area contributed by atoms with Crippen LogP contribution >= 0.6 is 0 Å². The van der Waals surface area contributed by atoms with Gasteiger partial charge in [0, 0.05) is 18.7 Å². The lowest BCUT2D eigenvalue weighted by Gasteiger charge is -2.12. The summed E-state index contributed by atoms with van der Waals surface area (Å²) in [6.45, 7) is 0.370. The highest BCUT2D eigenvalue weighted by molar-refractivity contribution is 5.94. The molecule has 2 aromatic rings. The average molecular weight is 351 g/mol. The van der Waals surface area contributed by atoms with Gasteiger partial charge in [0.1, 0.15) is 11.9 Å². The van der Waals surface area contributed by atoms with E-state index in [0.717, 1.165) is 24.3 Å². The second-order valence-electron chi connectivity index (χ2n) is 5.06. The first-order valence-corrected chi connectivity index (χ1v) is 7.20. The van der Waals surface area contributed by atoms with E-state index < -0.39 is 23.5 Å². The molecule has 0 aliphatic heterocycles. The van der Waals surface area contributed by atoms with Gasteiger partial charge in [0.05, 0.1) is 16.8 Å². The van der Waals surface area contributed by atoms with E-state index in [4.69, 9.17) is 5.26 Å². The number of carbonyl (C=O) groups is 1. The van der Waals surface area contributed by atoms with Crippen molar-refractivity contribution in [2.75, 3.05) is 18.4 Å². The predicted octanol–water partition coefficient (Wildman–Crippen LogP) is 3.56. The van der Waals surface area contributed by atoms with Gasteiger partial charge in [-0.05, 0) is 42.5 Å². The summed E-state index contributed by atoms with van der Waals surface area (Å²) in [6.07, 6.45) is -4.52. The van der Waals surface area contributed by atoms with Gasteiger partial charge >= 0.3 is 6.18 Å². The van der Waals surface area contributed by atoms with Crippen LogP contribution in [-0.2, 0) is 6.18 Å². The number of hydrogen-bond donors (Lipinski definition) is 2. The second kappa shape index (κ2) is 7.66. The van der Waals surface area contributed by atoms with Gasteiger partial charge in [-0.3, -0.25) is 4.79 Å². The van der Waals surface area contributed by atoms with Crippen molar-refractivity contribution in [2.24, 2.45) is 0 Å². The molecule has 2 rings (SSSR count). The molecule has 0 aliphatic rings. The van der Waals surface area contributed by atoms with Gasteiger partial charge in [-0.25, -0.2) is 4.39 Å². The van der Waals surface area contributed by atoms with Gasteiger partial charge < -0.3 is 10.6 Å². The number of nitrogens with zero attached hydrogens (tertiary/aromatic N) is 1. The van der Waals surface area contributed by atoms with Crippen LogP contribution in [0.25, 0.3) is 0 Å². The Labute approximate surface area is 141 Å². The number of benzene rings is 2. The van der Waals surface area contributed by atoms with Gasteiger partial charge in [0.25, 0.3) is 5.91 Å². The van der Waals surface area contributed by atoms with Gasteiger partial charge in [0.15, 0.2) is 0 Å². The lowest BCUT2D eigenvalue weighted by molar-refractivity contribution is -0.137. The molecule has 0 aliphatic carbocycles. The van der Waals surface area contributed by atoms with E-state index in [1.165, 1.54) is 18.2 Å². The number of halogens is 4. The van der Waals surface area contributed by atoms with Crippen LogP contribution in [0.3, 0.4) is 0 Å². The Morgan fingerprint density at radius 2 is 1.76 bits per heavy atom. The molecule has 0 saturated carbocycles. The Kier molecular flexibility index (Phi) is 5.60. The van der Waals surface area contributed by atoms with E-state index in [2.05, 4.69) is 10.6 Å². The molecule has 8 heteroatoms. The summed E-state index contributed by atoms with van der Waals surface area (Å²) in [5.74, 6) is -0.862.